The first-order valence-corrected chi connectivity index (χ1v) is 6.42. The maximum atomic E-state index is 11.7. The summed E-state index contributed by atoms with van der Waals surface area (Å²) in [5.74, 6) is 0.0525. The summed E-state index contributed by atoms with van der Waals surface area (Å²) in [6, 6.07) is 9.62. The van der Waals surface area contributed by atoms with E-state index in [2.05, 4.69) is 21.6 Å². The Morgan fingerprint density at radius 1 is 1.47 bits per heavy atom. The molecule has 19 heavy (non-hydrogen) atoms. The molecular formula is C14H18N4O. The SMILES string of the molecule is CNCCC1CN(c2ccc(C#N)cc2)CC(=O)N1. The van der Waals surface area contributed by atoms with Crippen molar-refractivity contribution in [3.63, 3.8) is 0 Å². The van der Waals surface area contributed by atoms with Gasteiger partial charge in [-0.15, -0.1) is 0 Å². The third-order valence-electron chi connectivity index (χ3n) is 3.24. The van der Waals surface area contributed by atoms with E-state index in [4.69, 9.17) is 5.26 Å². The second-order valence-electron chi connectivity index (χ2n) is 4.70. The number of carbonyl (C=O) groups excluding carboxylic acids is 1. The molecule has 2 N–H and O–H groups in total. The molecule has 1 heterocycles. The molecule has 5 nitrogen and oxygen atoms in total. The lowest BCUT2D eigenvalue weighted by Gasteiger charge is -2.34. The number of benzene rings is 1. The fourth-order valence-electron chi connectivity index (χ4n) is 2.25. The minimum atomic E-state index is 0.0525. The van der Waals surface area contributed by atoms with Crippen LogP contribution in [0.3, 0.4) is 0 Å². The van der Waals surface area contributed by atoms with Crippen molar-refractivity contribution in [2.24, 2.45) is 0 Å². The number of nitrogens with one attached hydrogen (secondary N) is 2. The predicted octanol–water partition coefficient (Wildman–Crippen LogP) is 0.473. The van der Waals surface area contributed by atoms with Crippen LogP contribution in [0.1, 0.15) is 12.0 Å². The van der Waals surface area contributed by atoms with Crippen molar-refractivity contribution in [1.82, 2.24) is 10.6 Å². The van der Waals surface area contributed by atoms with Crippen LogP contribution in [0.15, 0.2) is 24.3 Å². The van der Waals surface area contributed by atoms with Gasteiger partial charge >= 0.3 is 0 Å². The highest BCUT2D eigenvalue weighted by Gasteiger charge is 2.24. The fourth-order valence-corrected chi connectivity index (χ4v) is 2.25. The van der Waals surface area contributed by atoms with Gasteiger partial charge < -0.3 is 15.5 Å². The minimum Gasteiger partial charge on any atom is -0.360 e. The highest BCUT2D eigenvalue weighted by molar-refractivity contribution is 5.83. The Hall–Kier alpha value is -2.06. The third kappa shape index (κ3) is 3.46. The fraction of sp³-hybridized carbons (Fsp3) is 0.429. The van der Waals surface area contributed by atoms with E-state index in [9.17, 15) is 4.79 Å². The molecule has 1 aliphatic rings. The summed E-state index contributed by atoms with van der Waals surface area (Å²) >= 11 is 0. The Balaban J connectivity index is 2.05. The van der Waals surface area contributed by atoms with Gasteiger partial charge in [-0.2, -0.15) is 5.26 Å². The lowest BCUT2D eigenvalue weighted by atomic mass is 10.1. The minimum absolute atomic E-state index is 0.0525. The van der Waals surface area contributed by atoms with E-state index in [1.54, 1.807) is 12.1 Å². The van der Waals surface area contributed by atoms with Gasteiger partial charge in [-0.3, -0.25) is 4.79 Å². The Morgan fingerprint density at radius 3 is 2.84 bits per heavy atom. The highest BCUT2D eigenvalue weighted by atomic mass is 16.2. The van der Waals surface area contributed by atoms with E-state index >= 15 is 0 Å². The van der Waals surface area contributed by atoms with E-state index in [1.807, 2.05) is 19.2 Å². The van der Waals surface area contributed by atoms with Crippen molar-refractivity contribution in [1.29, 1.82) is 5.26 Å². The molecule has 1 unspecified atom stereocenters. The van der Waals surface area contributed by atoms with Crippen LogP contribution >= 0.6 is 0 Å². The number of hydrogen-bond donors (Lipinski definition) is 2. The van der Waals surface area contributed by atoms with Crippen LogP contribution in [-0.4, -0.2) is 38.6 Å². The topological polar surface area (TPSA) is 68.2 Å². The number of rotatable bonds is 4. The molecular weight excluding hydrogens is 240 g/mol. The zero-order valence-electron chi connectivity index (χ0n) is 11.0. The molecule has 100 valence electrons. The summed E-state index contributed by atoms with van der Waals surface area (Å²) in [5.41, 5.74) is 1.63. The number of piperazine rings is 1. The average Bonchev–Trinajstić information content (AvgIpc) is 2.44. The Bertz CT molecular complexity index is 477. The molecule has 0 spiro atoms. The number of hydrogen-bond acceptors (Lipinski definition) is 4. The Kier molecular flexibility index (Phi) is 4.37. The zero-order valence-corrected chi connectivity index (χ0v) is 11.0. The van der Waals surface area contributed by atoms with Crippen LogP contribution in [-0.2, 0) is 4.79 Å². The van der Waals surface area contributed by atoms with Gasteiger partial charge in [-0.05, 0) is 44.3 Å². The van der Waals surface area contributed by atoms with Crippen molar-refractivity contribution in [3.8, 4) is 6.07 Å². The molecule has 1 fully saturated rings. The molecule has 1 aromatic carbocycles. The van der Waals surface area contributed by atoms with Crippen LogP contribution in [0.4, 0.5) is 5.69 Å². The molecule has 2 rings (SSSR count). The van der Waals surface area contributed by atoms with Gasteiger partial charge in [0.2, 0.25) is 5.91 Å². The quantitative estimate of drug-likeness (QED) is 0.824. The zero-order chi connectivity index (χ0) is 13.7. The van der Waals surface area contributed by atoms with Crippen LogP contribution in [0.25, 0.3) is 0 Å². The number of nitriles is 1. The van der Waals surface area contributed by atoms with Gasteiger partial charge in [0.15, 0.2) is 0 Å². The van der Waals surface area contributed by atoms with Gasteiger partial charge in [-0.1, -0.05) is 0 Å². The second kappa shape index (κ2) is 6.21. The number of anilines is 1. The molecule has 0 aliphatic carbocycles. The molecule has 1 aromatic rings. The van der Waals surface area contributed by atoms with Gasteiger partial charge in [0.1, 0.15) is 0 Å². The highest BCUT2D eigenvalue weighted by Crippen LogP contribution is 2.17. The van der Waals surface area contributed by atoms with E-state index in [0.29, 0.717) is 12.1 Å². The molecule has 1 aliphatic heterocycles. The normalized spacial score (nSPS) is 18.8. The standard InChI is InChI=1S/C14H18N4O/c1-16-7-6-12-9-18(10-14(19)17-12)13-4-2-11(8-15)3-5-13/h2-5,12,16H,6-7,9-10H2,1H3,(H,17,19). The van der Waals surface area contributed by atoms with Crippen LogP contribution < -0.4 is 15.5 Å². The van der Waals surface area contributed by atoms with Crippen LogP contribution in [0, 0.1) is 11.3 Å². The molecule has 0 bridgehead atoms. The van der Waals surface area contributed by atoms with Crippen molar-refractivity contribution in [3.05, 3.63) is 29.8 Å². The van der Waals surface area contributed by atoms with Crippen molar-refractivity contribution in [2.75, 3.05) is 31.6 Å². The molecule has 0 aromatic heterocycles. The molecule has 1 amide bonds. The summed E-state index contributed by atoms with van der Waals surface area (Å²) in [6.45, 7) is 2.06. The molecule has 0 radical (unpaired) electrons. The van der Waals surface area contributed by atoms with Crippen LogP contribution in [0.2, 0.25) is 0 Å². The summed E-state index contributed by atoms with van der Waals surface area (Å²) < 4.78 is 0. The first kappa shape index (κ1) is 13.4. The number of nitrogens with zero attached hydrogens (tertiary/aromatic N) is 2. The lowest BCUT2D eigenvalue weighted by Crippen LogP contribution is -2.54. The van der Waals surface area contributed by atoms with Gasteiger partial charge in [0.25, 0.3) is 0 Å². The van der Waals surface area contributed by atoms with Crippen molar-refractivity contribution >= 4 is 11.6 Å². The molecule has 1 saturated heterocycles. The monoisotopic (exact) mass is 258 g/mol. The molecule has 1 atom stereocenters. The predicted molar refractivity (Wildman–Crippen MR) is 73.8 cm³/mol. The molecule has 0 saturated carbocycles. The van der Waals surface area contributed by atoms with E-state index in [0.717, 1.165) is 25.2 Å². The summed E-state index contributed by atoms with van der Waals surface area (Å²) in [7, 11) is 1.91. The number of amides is 1. The van der Waals surface area contributed by atoms with Gasteiger partial charge in [0.05, 0.1) is 18.2 Å². The first-order valence-electron chi connectivity index (χ1n) is 6.42. The summed E-state index contributed by atoms with van der Waals surface area (Å²) in [6.07, 6.45) is 0.912. The van der Waals surface area contributed by atoms with Crippen molar-refractivity contribution in [2.45, 2.75) is 12.5 Å². The largest absolute Gasteiger partial charge is 0.360 e. The van der Waals surface area contributed by atoms with Crippen LogP contribution in [0.5, 0.6) is 0 Å². The maximum Gasteiger partial charge on any atom is 0.239 e. The first-order chi connectivity index (χ1) is 9.22. The summed E-state index contributed by atoms with van der Waals surface area (Å²) in [4.78, 5) is 13.8. The van der Waals surface area contributed by atoms with E-state index in [-0.39, 0.29) is 11.9 Å². The van der Waals surface area contributed by atoms with Gasteiger partial charge in [0, 0.05) is 18.3 Å². The Morgan fingerprint density at radius 2 is 2.21 bits per heavy atom. The van der Waals surface area contributed by atoms with Crippen molar-refractivity contribution < 1.29 is 4.79 Å². The molecule has 5 heteroatoms. The Labute approximate surface area is 113 Å². The summed E-state index contributed by atoms with van der Waals surface area (Å²) in [5, 5.41) is 14.9. The lowest BCUT2D eigenvalue weighted by molar-refractivity contribution is -0.121. The average molecular weight is 258 g/mol. The van der Waals surface area contributed by atoms with E-state index < -0.39 is 0 Å². The maximum absolute atomic E-state index is 11.7. The second-order valence-corrected chi connectivity index (χ2v) is 4.70. The van der Waals surface area contributed by atoms with E-state index in [1.165, 1.54) is 0 Å². The van der Waals surface area contributed by atoms with Gasteiger partial charge in [-0.25, -0.2) is 0 Å². The third-order valence-corrected chi connectivity index (χ3v) is 3.24. The number of carbonyl (C=O) groups is 1. The smallest absolute Gasteiger partial charge is 0.239 e.